The molecule has 0 aromatic heterocycles. The summed E-state index contributed by atoms with van der Waals surface area (Å²) in [6, 6.07) is 9.92. The third-order valence-electron chi connectivity index (χ3n) is 2.85. The van der Waals surface area contributed by atoms with Crippen molar-refractivity contribution in [2.24, 2.45) is 0 Å². The molecule has 0 heterocycles. The molecule has 1 N–H and O–H groups in total. The van der Waals surface area contributed by atoms with Gasteiger partial charge in [0.2, 0.25) is 0 Å². The summed E-state index contributed by atoms with van der Waals surface area (Å²) in [6.45, 7) is 2.48. The van der Waals surface area contributed by atoms with Gasteiger partial charge in [0.25, 0.3) is 0 Å². The topological polar surface area (TPSA) is 29.5 Å². The molecule has 106 valence electrons. The molecule has 0 aliphatic rings. The molecule has 2 aromatic carbocycles. The van der Waals surface area contributed by atoms with E-state index in [9.17, 15) is 9.50 Å². The molecular formula is C15H13Br2FO2. The van der Waals surface area contributed by atoms with E-state index in [2.05, 4.69) is 31.9 Å². The second-order valence-electron chi connectivity index (χ2n) is 4.16. The number of hydrogen-bond donors (Lipinski definition) is 1. The molecule has 1 unspecified atom stereocenters. The van der Waals surface area contributed by atoms with Crippen molar-refractivity contribution in [1.29, 1.82) is 0 Å². The van der Waals surface area contributed by atoms with Crippen LogP contribution in [0.15, 0.2) is 45.3 Å². The van der Waals surface area contributed by atoms with Crippen molar-refractivity contribution in [2.75, 3.05) is 6.61 Å². The Kier molecular flexibility index (Phi) is 5.18. The Balaban J connectivity index is 2.38. The van der Waals surface area contributed by atoms with Crippen molar-refractivity contribution >= 4 is 31.9 Å². The van der Waals surface area contributed by atoms with Gasteiger partial charge in [0, 0.05) is 10.0 Å². The van der Waals surface area contributed by atoms with Crippen molar-refractivity contribution in [2.45, 2.75) is 13.0 Å². The zero-order chi connectivity index (χ0) is 14.7. The minimum Gasteiger partial charge on any atom is -0.494 e. The third-order valence-corrected chi connectivity index (χ3v) is 4.38. The molecule has 0 bridgehead atoms. The zero-order valence-corrected chi connectivity index (χ0v) is 13.9. The highest BCUT2D eigenvalue weighted by molar-refractivity contribution is 9.10. The van der Waals surface area contributed by atoms with E-state index in [1.807, 2.05) is 6.92 Å². The molecule has 0 saturated heterocycles. The van der Waals surface area contributed by atoms with Crippen molar-refractivity contribution < 1.29 is 14.2 Å². The van der Waals surface area contributed by atoms with Crippen molar-refractivity contribution in [3.8, 4) is 5.75 Å². The number of rotatable bonds is 4. The summed E-state index contributed by atoms with van der Waals surface area (Å²) in [5.74, 6) is 0.317. The number of aliphatic hydroxyl groups is 1. The van der Waals surface area contributed by atoms with Gasteiger partial charge in [0.1, 0.15) is 17.7 Å². The Morgan fingerprint density at radius 2 is 1.95 bits per heavy atom. The van der Waals surface area contributed by atoms with E-state index >= 15 is 0 Å². The molecule has 2 nitrogen and oxygen atoms in total. The molecule has 2 rings (SSSR count). The summed E-state index contributed by atoms with van der Waals surface area (Å²) in [7, 11) is 0. The highest BCUT2D eigenvalue weighted by Gasteiger charge is 2.18. The van der Waals surface area contributed by atoms with E-state index in [0.717, 1.165) is 0 Å². The van der Waals surface area contributed by atoms with Gasteiger partial charge in [-0.25, -0.2) is 4.39 Å². The largest absolute Gasteiger partial charge is 0.494 e. The van der Waals surface area contributed by atoms with E-state index in [1.54, 1.807) is 30.3 Å². The fourth-order valence-electron chi connectivity index (χ4n) is 1.89. The fraction of sp³-hybridized carbons (Fsp3) is 0.200. The maximum absolute atomic E-state index is 13.5. The molecule has 0 fully saturated rings. The Bertz CT molecular complexity index is 617. The molecule has 0 amide bonds. The summed E-state index contributed by atoms with van der Waals surface area (Å²) in [5, 5.41) is 10.4. The minimum atomic E-state index is -0.926. The lowest BCUT2D eigenvalue weighted by atomic mass is 10.0. The normalized spacial score (nSPS) is 12.2. The Labute approximate surface area is 133 Å². The van der Waals surface area contributed by atoms with Gasteiger partial charge in [-0.3, -0.25) is 0 Å². The lowest BCUT2D eigenvalue weighted by Gasteiger charge is -2.16. The maximum Gasteiger partial charge on any atom is 0.137 e. The Hall–Kier alpha value is -0.910. The molecule has 0 saturated carbocycles. The van der Waals surface area contributed by atoms with Crippen LogP contribution < -0.4 is 4.74 Å². The van der Waals surface area contributed by atoms with Gasteiger partial charge in [0.05, 0.1) is 11.1 Å². The summed E-state index contributed by atoms with van der Waals surface area (Å²) in [5.41, 5.74) is 1.13. The minimum absolute atomic E-state index is 0.272. The fourth-order valence-corrected chi connectivity index (χ4v) is 2.94. The van der Waals surface area contributed by atoms with Gasteiger partial charge >= 0.3 is 0 Å². The van der Waals surface area contributed by atoms with Crippen molar-refractivity contribution in [1.82, 2.24) is 0 Å². The molecule has 0 aliphatic carbocycles. The van der Waals surface area contributed by atoms with Crippen LogP contribution in [0.4, 0.5) is 4.39 Å². The van der Waals surface area contributed by atoms with Gasteiger partial charge in [-0.15, -0.1) is 0 Å². The van der Waals surface area contributed by atoms with Crippen LogP contribution >= 0.6 is 31.9 Å². The van der Waals surface area contributed by atoms with Crippen LogP contribution in [0.3, 0.4) is 0 Å². The molecule has 20 heavy (non-hydrogen) atoms. The SMILES string of the molecule is CCOc1ccc(C(O)c2cccc(F)c2Br)c(Br)c1. The highest BCUT2D eigenvalue weighted by Crippen LogP contribution is 2.35. The Morgan fingerprint density at radius 1 is 1.20 bits per heavy atom. The number of halogens is 3. The van der Waals surface area contributed by atoms with E-state index < -0.39 is 11.9 Å². The van der Waals surface area contributed by atoms with E-state index in [-0.39, 0.29) is 4.47 Å². The van der Waals surface area contributed by atoms with Gasteiger partial charge in [0.15, 0.2) is 0 Å². The predicted octanol–water partition coefficient (Wildman–Crippen LogP) is 4.83. The van der Waals surface area contributed by atoms with Crippen LogP contribution in [0.25, 0.3) is 0 Å². The lowest BCUT2D eigenvalue weighted by molar-refractivity contribution is 0.218. The molecule has 2 aromatic rings. The van der Waals surface area contributed by atoms with Crippen LogP contribution in [-0.4, -0.2) is 11.7 Å². The quantitative estimate of drug-likeness (QED) is 0.791. The second-order valence-corrected chi connectivity index (χ2v) is 5.81. The summed E-state index contributed by atoms with van der Waals surface area (Å²) >= 11 is 6.58. The van der Waals surface area contributed by atoms with Crippen LogP contribution in [-0.2, 0) is 0 Å². The van der Waals surface area contributed by atoms with Crippen LogP contribution in [0.5, 0.6) is 5.75 Å². The summed E-state index contributed by atoms with van der Waals surface area (Å²) < 4.78 is 19.9. The van der Waals surface area contributed by atoms with Crippen LogP contribution in [0, 0.1) is 5.82 Å². The molecule has 0 aliphatic heterocycles. The van der Waals surface area contributed by atoms with Crippen LogP contribution in [0.2, 0.25) is 0 Å². The first-order valence-electron chi connectivity index (χ1n) is 6.08. The van der Waals surface area contributed by atoms with E-state index in [4.69, 9.17) is 4.74 Å². The molecule has 0 radical (unpaired) electrons. The van der Waals surface area contributed by atoms with Gasteiger partial charge < -0.3 is 9.84 Å². The van der Waals surface area contributed by atoms with Gasteiger partial charge in [-0.1, -0.05) is 34.1 Å². The summed E-state index contributed by atoms with van der Waals surface area (Å²) in [6.07, 6.45) is -0.926. The predicted molar refractivity (Wildman–Crippen MR) is 83.5 cm³/mol. The molecule has 5 heteroatoms. The summed E-state index contributed by atoms with van der Waals surface area (Å²) in [4.78, 5) is 0. The number of benzene rings is 2. The Morgan fingerprint density at radius 3 is 2.60 bits per heavy atom. The first kappa shape index (κ1) is 15.5. The highest BCUT2D eigenvalue weighted by atomic mass is 79.9. The number of ether oxygens (including phenoxy) is 1. The third kappa shape index (κ3) is 3.22. The van der Waals surface area contributed by atoms with E-state index in [1.165, 1.54) is 6.07 Å². The molecule has 1 atom stereocenters. The van der Waals surface area contributed by atoms with Crippen molar-refractivity contribution in [3.05, 3.63) is 62.3 Å². The smallest absolute Gasteiger partial charge is 0.137 e. The molecular weight excluding hydrogens is 391 g/mol. The number of hydrogen-bond acceptors (Lipinski definition) is 2. The van der Waals surface area contributed by atoms with Crippen molar-refractivity contribution in [3.63, 3.8) is 0 Å². The van der Waals surface area contributed by atoms with Gasteiger partial charge in [-0.05, 0) is 46.6 Å². The molecule has 0 spiro atoms. The van der Waals surface area contributed by atoms with Gasteiger partial charge in [-0.2, -0.15) is 0 Å². The number of aliphatic hydroxyl groups excluding tert-OH is 1. The van der Waals surface area contributed by atoms with Crippen LogP contribution in [0.1, 0.15) is 24.2 Å². The first-order valence-corrected chi connectivity index (χ1v) is 7.67. The maximum atomic E-state index is 13.5. The average molecular weight is 404 g/mol. The average Bonchev–Trinajstić information content (AvgIpc) is 2.42. The van der Waals surface area contributed by atoms with E-state index in [0.29, 0.717) is 28.0 Å². The monoisotopic (exact) mass is 402 g/mol. The standard InChI is InChI=1S/C15H13Br2FO2/c1-2-20-9-6-7-10(12(16)8-9)15(19)11-4-3-5-13(18)14(11)17/h3-8,15,19H,2H2,1H3. The first-order chi connectivity index (χ1) is 9.54. The zero-order valence-electron chi connectivity index (χ0n) is 10.7. The lowest BCUT2D eigenvalue weighted by Crippen LogP contribution is -2.03. The second kappa shape index (κ2) is 6.70.